The summed E-state index contributed by atoms with van der Waals surface area (Å²) in [6.45, 7) is 3.50. The molecule has 2 aliphatic rings. The van der Waals surface area contributed by atoms with Gasteiger partial charge < -0.3 is 10.2 Å². The van der Waals surface area contributed by atoms with Gasteiger partial charge in [0.15, 0.2) is 5.69 Å². The van der Waals surface area contributed by atoms with Gasteiger partial charge >= 0.3 is 0 Å². The number of benzene rings is 2. The third-order valence-electron chi connectivity index (χ3n) is 6.79. The molecule has 160 valence electrons. The maximum Gasteiger partial charge on any atom is 0.275 e. The van der Waals surface area contributed by atoms with Crippen molar-refractivity contribution in [2.75, 3.05) is 33.2 Å². The van der Waals surface area contributed by atoms with Gasteiger partial charge in [0.2, 0.25) is 5.91 Å². The number of aryl methyl sites for hydroxylation is 1. The molecule has 31 heavy (non-hydrogen) atoms. The minimum absolute atomic E-state index is 0.0559. The molecule has 0 radical (unpaired) electrons. The first-order chi connectivity index (χ1) is 15.0. The van der Waals surface area contributed by atoms with Gasteiger partial charge in [0.25, 0.3) is 5.91 Å². The maximum absolute atomic E-state index is 13.2. The van der Waals surface area contributed by atoms with E-state index >= 15 is 0 Å². The summed E-state index contributed by atoms with van der Waals surface area (Å²) in [5, 5.41) is 8.19. The molecule has 1 unspecified atom stereocenters. The van der Waals surface area contributed by atoms with Gasteiger partial charge in [0.1, 0.15) is 0 Å². The van der Waals surface area contributed by atoms with Gasteiger partial charge in [-0.25, -0.2) is 0 Å². The molecule has 2 fully saturated rings. The third-order valence-corrected chi connectivity index (χ3v) is 6.79. The topological polar surface area (TPSA) is 70.5 Å². The van der Waals surface area contributed by atoms with E-state index in [0.717, 1.165) is 24.0 Å². The Hall–Kier alpha value is -3.19. The summed E-state index contributed by atoms with van der Waals surface area (Å²) in [6, 6.07) is 18.1. The molecular formula is C24H27N5O2. The minimum atomic E-state index is -0.199. The summed E-state index contributed by atoms with van der Waals surface area (Å²) in [4.78, 5) is 30.1. The Morgan fingerprint density at radius 2 is 1.77 bits per heavy atom. The number of aromatic nitrogens is 2. The van der Waals surface area contributed by atoms with Crippen LogP contribution in [0.3, 0.4) is 0 Å². The smallest absolute Gasteiger partial charge is 0.275 e. The first kappa shape index (κ1) is 19.8. The van der Waals surface area contributed by atoms with Gasteiger partial charge in [-0.15, -0.1) is 0 Å². The predicted octanol–water partition coefficient (Wildman–Crippen LogP) is 1.89. The van der Waals surface area contributed by atoms with Crippen LogP contribution in [0, 0.1) is 11.3 Å². The SMILES string of the molecule is CNC(=O)C1CN(Cc2ccccc2)CC12CN(C(=O)c1nn(C)c3ccccc13)C2. The quantitative estimate of drug-likeness (QED) is 0.704. The number of carbonyl (C=O) groups excluding carboxylic acids is 2. The van der Waals surface area contributed by atoms with E-state index in [2.05, 4.69) is 27.4 Å². The average molecular weight is 418 g/mol. The van der Waals surface area contributed by atoms with Gasteiger partial charge in [-0.3, -0.25) is 19.2 Å². The average Bonchev–Trinajstić information content (AvgIpc) is 3.31. The van der Waals surface area contributed by atoms with Gasteiger partial charge in [0.05, 0.1) is 11.4 Å². The molecule has 2 amide bonds. The largest absolute Gasteiger partial charge is 0.359 e. The van der Waals surface area contributed by atoms with E-state index in [1.807, 2.05) is 54.4 Å². The Bertz CT molecular complexity index is 1130. The normalized spacial score (nSPS) is 20.2. The molecule has 7 nitrogen and oxygen atoms in total. The van der Waals surface area contributed by atoms with Crippen molar-refractivity contribution in [2.45, 2.75) is 6.54 Å². The highest BCUT2D eigenvalue weighted by Gasteiger charge is 2.57. The summed E-state index contributed by atoms with van der Waals surface area (Å²) in [5.74, 6) is -0.115. The van der Waals surface area contributed by atoms with Gasteiger partial charge in [-0.05, 0) is 11.6 Å². The molecule has 3 heterocycles. The van der Waals surface area contributed by atoms with Crippen LogP contribution in [0.25, 0.3) is 10.9 Å². The summed E-state index contributed by atoms with van der Waals surface area (Å²) < 4.78 is 1.75. The first-order valence-electron chi connectivity index (χ1n) is 10.7. The Labute approximate surface area is 181 Å². The van der Waals surface area contributed by atoms with E-state index in [1.165, 1.54) is 5.56 Å². The monoisotopic (exact) mass is 417 g/mol. The number of nitrogens with zero attached hydrogens (tertiary/aromatic N) is 4. The van der Waals surface area contributed by atoms with E-state index < -0.39 is 0 Å². The molecule has 2 aromatic carbocycles. The maximum atomic E-state index is 13.2. The second-order valence-corrected chi connectivity index (χ2v) is 8.84. The zero-order chi connectivity index (χ0) is 21.6. The van der Waals surface area contributed by atoms with Crippen molar-refractivity contribution in [3.05, 3.63) is 65.9 Å². The molecule has 0 bridgehead atoms. The number of likely N-dealkylation sites (tertiary alicyclic amines) is 2. The fourth-order valence-corrected chi connectivity index (χ4v) is 5.27. The second-order valence-electron chi connectivity index (χ2n) is 8.84. The summed E-state index contributed by atoms with van der Waals surface area (Å²) >= 11 is 0. The van der Waals surface area contributed by atoms with Gasteiger partial charge in [-0.2, -0.15) is 5.10 Å². The van der Waals surface area contributed by atoms with E-state index in [9.17, 15) is 9.59 Å². The lowest BCUT2D eigenvalue weighted by Gasteiger charge is -2.50. The predicted molar refractivity (Wildman–Crippen MR) is 118 cm³/mol. The van der Waals surface area contributed by atoms with Crippen molar-refractivity contribution in [1.29, 1.82) is 0 Å². The number of hydrogen-bond acceptors (Lipinski definition) is 4. The van der Waals surface area contributed by atoms with Gasteiger partial charge in [-0.1, -0.05) is 48.5 Å². The van der Waals surface area contributed by atoms with Crippen LogP contribution in [0.15, 0.2) is 54.6 Å². The molecule has 1 atom stereocenters. The highest BCUT2D eigenvalue weighted by Crippen LogP contribution is 2.45. The lowest BCUT2D eigenvalue weighted by molar-refractivity contribution is -0.130. The Morgan fingerprint density at radius 3 is 2.52 bits per heavy atom. The molecule has 3 aromatic rings. The standard InChI is InChI=1S/C24H27N5O2/c1-25-22(30)19-13-28(12-17-8-4-3-5-9-17)14-24(19)15-29(16-24)23(31)21-18-10-6-7-11-20(18)27(2)26-21/h3-11,19H,12-16H2,1-2H3,(H,25,30). The molecule has 7 heteroatoms. The van der Waals surface area contributed by atoms with Gasteiger partial charge in [0, 0.05) is 57.6 Å². The Morgan fingerprint density at radius 1 is 1.06 bits per heavy atom. The minimum Gasteiger partial charge on any atom is -0.359 e. The van der Waals surface area contributed by atoms with E-state index in [0.29, 0.717) is 25.3 Å². The summed E-state index contributed by atoms with van der Waals surface area (Å²) in [5.41, 5.74) is 2.47. The zero-order valence-corrected chi connectivity index (χ0v) is 17.9. The Balaban J connectivity index is 1.35. The van der Waals surface area contributed by atoms with Crippen molar-refractivity contribution < 1.29 is 9.59 Å². The lowest BCUT2D eigenvalue weighted by atomic mass is 9.71. The lowest BCUT2D eigenvalue weighted by Crippen LogP contribution is -2.64. The molecule has 2 saturated heterocycles. The van der Waals surface area contributed by atoms with Crippen molar-refractivity contribution in [2.24, 2.45) is 18.4 Å². The molecule has 0 aliphatic carbocycles. The number of fused-ring (bicyclic) bond motifs is 1. The van der Waals surface area contributed by atoms with E-state index in [1.54, 1.807) is 11.7 Å². The van der Waals surface area contributed by atoms with Crippen LogP contribution in [0.4, 0.5) is 0 Å². The Kier molecular flexibility index (Phi) is 4.78. The van der Waals surface area contributed by atoms with E-state index in [-0.39, 0.29) is 23.1 Å². The molecule has 5 rings (SSSR count). The second kappa shape index (κ2) is 7.50. The van der Waals surface area contributed by atoms with Crippen molar-refractivity contribution in [1.82, 2.24) is 24.9 Å². The number of rotatable bonds is 4. The number of nitrogens with one attached hydrogen (secondary N) is 1. The number of carbonyl (C=O) groups is 2. The number of amides is 2. The van der Waals surface area contributed by atoms with Crippen LogP contribution in [-0.4, -0.2) is 64.6 Å². The van der Waals surface area contributed by atoms with E-state index in [4.69, 9.17) is 0 Å². The van der Waals surface area contributed by atoms with Crippen LogP contribution < -0.4 is 5.32 Å². The first-order valence-corrected chi connectivity index (χ1v) is 10.7. The van der Waals surface area contributed by atoms with Crippen molar-refractivity contribution >= 4 is 22.7 Å². The highest BCUT2D eigenvalue weighted by atomic mass is 16.2. The molecule has 0 saturated carbocycles. The van der Waals surface area contributed by atoms with Crippen molar-refractivity contribution in [3.8, 4) is 0 Å². The number of para-hydroxylation sites is 1. The molecule has 1 spiro atoms. The molecule has 1 aromatic heterocycles. The fraction of sp³-hybridized carbons (Fsp3) is 0.375. The van der Waals surface area contributed by atoms with Crippen molar-refractivity contribution in [3.63, 3.8) is 0 Å². The highest BCUT2D eigenvalue weighted by molar-refractivity contribution is 6.05. The van der Waals surface area contributed by atoms with Crippen LogP contribution in [0.2, 0.25) is 0 Å². The zero-order valence-electron chi connectivity index (χ0n) is 17.9. The summed E-state index contributed by atoms with van der Waals surface area (Å²) in [6.07, 6.45) is 0. The molecule has 1 N–H and O–H groups in total. The van der Waals surface area contributed by atoms with Crippen LogP contribution in [0.1, 0.15) is 16.1 Å². The van der Waals surface area contributed by atoms with Crippen LogP contribution in [0.5, 0.6) is 0 Å². The fourth-order valence-electron chi connectivity index (χ4n) is 5.27. The summed E-state index contributed by atoms with van der Waals surface area (Å²) in [7, 11) is 3.55. The number of hydrogen-bond donors (Lipinski definition) is 1. The third kappa shape index (κ3) is 3.29. The molecule has 2 aliphatic heterocycles. The van der Waals surface area contributed by atoms with Crippen LogP contribution in [-0.2, 0) is 18.4 Å². The van der Waals surface area contributed by atoms with Crippen LogP contribution >= 0.6 is 0 Å². The molecular weight excluding hydrogens is 390 g/mol.